The summed E-state index contributed by atoms with van der Waals surface area (Å²) in [4.78, 5) is 10.3. The fourth-order valence-corrected chi connectivity index (χ4v) is 8.27. The molecular weight excluding hydrogens is 285 g/mol. The first-order valence-electron chi connectivity index (χ1n) is 6.67. The smallest absolute Gasteiger partial charge is 0.146 e. The second-order valence-electron chi connectivity index (χ2n) is 5.75. The topological polar surface area (TPSA) is 66.5 Å². The highest BCUT2D eigenvalue weighted by Gasteiger charge is 2.36. The maximum Gasteiger partial charge on any atom is 0.146 e. The van der Waals surface area contributed by atoms with Crippen molar-refractivity contribution in [1.82, 2.24) is 0 Å². The molecule has 4 N–H and O–H groups in total. The van der Waals surface area contributed by atoms with Crippen LogP contribution in [0.25, 0.3) is 0 Å². The van der Waals surface area contributed by atoms with Gasteiger partial charge in [0.25, 0.3) is 0 Å². The zero-order chi connectivity index (χ0) is 13.9. The Bertz CT molecular complexity index is 314. The van der Waals surface area contributed by atoms with Gasteiger partial charge in [-0.3, -0.25) is 0 Å². The van der Waals surface area contributed by atoms with Crippen molar-refractivity contribution in [1.29, 1.82) is 0 Å². The molecule has 0 spiro atoms. The largest absolute Gasteiger partial charge is 0.383 e. The van der Waals surface area contributed by atoms with Crippen molar-refractivity contribution in [3.8, 4) is 0 Å². The molecule has 0 aromatic rings. The highest BCUT2D eigenvalue weighted by Crippen LogP contribution is 2.63. The number of aliphatic hydroxyl groups is 1. The second-order valence-corrected chi connectivity index (χ2v) is 13.0. The van der Waals surface area contributed by atoms with E-state index in [0.717, 1.165) is 6.42 Å². The molecule has 18 heavy (non-hydrogen) atoms. The van der Waals surface area contributed by atoms with Crippen LogP contribution >= 0.6 is 16.8 Å². The first-order valence-corrected chi connectivity index (χ1v) is 11.0. The number of hydrogen-bond donors (Lipinski definition) is 3. The predicted molar refractivity (Wildman–Crippen MR) is 84.3 cm³/mol. The highest BCUT2D eigenvalue weighted by molar-refractivity contribution is 8.69. The molecule has 0 aliphatic heterocycles. The Kier molecular flexibility index (Phi) is 6.63. The first-order chi connectivity index (χ1) is 8.27. The average molecular weight is 311 g/mol. The van der Waals surface area contributed by atoms with Crippen molar-refractivity contribution in [2.24, 2.45) is 23.5 Å². The van der Waals surface area contributed by atoms with Crippen molar-refractivity contribution < 1.29 is 10.00 Å². The molecule has 1 aliphatic carbocycles. The SMILES string of the molecule is CC1CCC(C(C)C)C(SP(O)(=S)C(O)CN)C1. The molecule has 108 valence electrons. The van der Waals surface area contributed by atoms with E-state index >= 15 is 0 Å². The van der Waals surface area contributed by atoms with Crippen LogP contribution < -0.4 is 5.73 Å². The average Bonchev–Trinajstić information content (AvgIpc) is 2.26. The van der Waals surface area contributed by atoms with E-state index in [1.54, 1.807) is 0 Å². The molecule has 6 heteroatoms. The molecule has 1 aliphatic rings. The summed E-state index contributed by atoms with van der Waals surface area (Å²) in [7, 11) is 0. The van der Waals surface area contributed by atoms with Gasteiger partial charge in [-0.1, -0.05) is 50.4 Å². The number of rotatable bonds is 5. The number of hydrogen-bond acceptors (Lipinski definition) is 4. The van der Waals surface area contributed by atoms with E-state index in [0.29, 0.717) is 23.0 Å². The number of nitrogens with two attached hydrogens (primary N) is 1. The van der Waals surface area contributed by atoms with Crippen molar-refractivity contribution in [2.75, 3.05) is 6.54 Å². The van der Waals surface area contributed by atoms with Gasteiger partial charge in [-0.15, -0.1) is 0 Å². The van der Waals surface area contributed by atoms with Crippen LogP contribution in [0.15, 0.2) is 0 Å². The Morgan fingerprint density at radius 1 is 1.44 bits per heavy atom. The normalized spacial score (nSPS) is 34.3. The van der Waals surface area contributed by atoms with Gasteiger partial charge in [-0.05, 0) is 30.6 Å². The molecule has 0 bridgehead atoms. The lowest BCUT2D eigenvalue weighted by molar-refractivity contribution is 0.243. The van der Waals surface area contributed by atoms with Gasteiger partial charge in [0, 0.05) is 11.8 Å². The van der Waals surface area contributed by atoms with Gasteiger partial charge in [0.15, 0.2) is 0 Å². The summed E-state index contributed by atoms with van der Waals surface area (Å²) < 4.78 is 0. The summed E-state index contributed by atoms with van der Waals surface area (Å²) in [6.07, 6.45) is 3.54. The van der Waals surface area contributed by atoms with E-state index < -0.39 is 11.3 Å². The van der Waals surface area contributed by atoms with Gasteiger partial charge in [-0.2, -0.15) is 0 Å². The van der Waals surface area contributed by atoms with Crippen molar-refractivity contribution in [3.63, 3.8) is 0 Å². The van der Waals surface area contributed by atoms with E-state index in [9.17, 15) is 10.00 Å². The standard InChI is InChI=1S/C12H26NO2PS2/c1-8(2)10-5-4-9(3)6-11(10)18-16(15,17)12(14)7-13/h8-12,14H,4-7,13H2,1-3H3,(H,15,17). The molecule has 0 radical (unpaired) electrons. The summed E-state index contributed by atoms with van der Waals surface area (Å²) >= 11 is 6.67. The summed E-state index contributed by atoms with van der Waals surface area (Å²) in [5, 5.41) is 10.1. The maximum atomic E-state index is 10.3. The molecule has 1 saturated carbocycles. The quantitative estimate of drug-likeness (QED) is 0.681. The molecule has 5 unspecified atom stereocenters. The zero-order valence-corrected chi connectivity index (χ0v) is 14.0. The fraction of sp³-hybridized carbons (Fsp3) is 1.00. The Labute approximate surface area is 120 Å². The molecule has 1 rings (SSSR count). The van der Waals surface area contributed by atoms with Crippen LogP contribution in [0.2, 0.25) is 0 Å². The summed E-state index contributed by atoms with van der Waals surface area (Å²) in [5.41, 5.74) is 2.65. The van der Waals surface area contributed by atoms with E-state index in [1.165, 1.54) is 24.2 Å². The Hall–Kier alpha value is 0.880. The third kappa shape index (κ3) is 4.46. The Morgan fingerprint density at radius 3 is 2.56 bits per heavy atom. The van der Waals surface area contributed by atoms with Gasteiger partial charge in [0.05, 0.1) is 0 Å². The minimum Gasteiger partial charge on any atom is -0.383 e. The van der Waals surface area contributed by atoms with Gasteiger partial charge < -0.3 is 15.7 Å². The van der Waals surface area contributed by atoms with E-state index in [4.69, 9.17) is 17.5 Å². The van der Waals surface area contributed by atoms with Gasteiger partial charge in [-0.25, -0.2) is 0 Å². The van der Waals surface area contributed by atoms with Crippen LogP contribution in [0.5, 0.6) is 0 Å². The fourth-order valence-electron chi connectivity index (χ4n) is 2.63. The van der Waals surface area contributed by atoms with Crippen LogP contribution in [-0.4, -0.2) is 27.6 Å². The number of aliphatic hydroxyl groups excluding tert-OH is 1. The van der Waals surface area contributed by atoms with Crippen LogP contribution in [0.3, 0.4) is 0 Å². The monoisotopic (exact) mass is 311 g/mol. The molecule has 3 nitrogen and oxygen atoms in total. The predicted octanol–water partition coefficient (Wildman–Crippen LogP) is 2.76. The highest BCUT2D eigenvalue weighted by atomic mass is 32.9. The van der Waals surface area contributed by atoms with Crippen molar-refractivity contribution in [3.05, 3.63) is 0 Å². The molecule has 1 fully saturated rings. The Morgan fingerprint density at radius 2 is 2.06 bits per heavy atom. The molecule has 0 saturated heterocycles. The van der Waals surface area contributed by atoms with E-state index in [-0.39, 0.29) is 6.54 Å². The third-order valence-corrected chi connectivity index (χ3v) is 9.87. The van der Waals surface area contributed by atoms with Gasteiger partial charge in [0.2, 0.25) is 0 Å². The maximum absolute atomic E-state index is 10.3. The Balaban J connectivity index is 2.74. The van der Waals surface area contributed by atoms with Crippen molar-refractivity contribution in [2.45, 2.75) is 51.1 Å². The van der Waals surface area contributed by atoms with Crippen LogP contribution in [0.1, 0.15) is 40.0 Å². The minimum atomic E-state index is -2.78. The van der Waals surface area contributed by atoms with E-state index in [2.05, 4.69) is 20.8 Å². The zero-order valence-electron chi connectivity index (χ0n) is 11.5. The lowest BCUT2D eigenvalue weighted by Crippen LogP contribution is -2.30. The molecule has 5 atom stereocenters. The van der Waals surface area contributed by atoms with Crippen molar-refractivity contribution >= 4 is 28.7 Å². The van der Waals surface area contributed by atoms with Crippen LogP contribution in [0.4, 0.5) is 0 Å². The third-order valence-electron chi connectivity index (χ3n) is 3.84. The van der Waals surface area contributed by atoms with Crippen LogP contribution in [-0.2, 0) is 11.8 Å². The molecule has 0 aromatic heterocycles. The second kappa shape index (κ2) is 7.05. The summed E-state index contributed by atoms with van der Waals surface area (Å²) in [6.45, 7) is 6.77. The summed E-state index contributed by atoms with van der Waals surface area (Å²) in [6, 6.07) is 0. The van der Waals surface area contributed by atoms with Gasteiger partial charge >= 0.3 is 0 Å². The lowest BCUT2D eigenvalue weighted by atomic mass is 9.77. The van der Waals surface area contributed by atoms with Gasteiger partial charge in [0.1, 0.15) is 11.3 Å². The molecule has 0 amide bonds. The molecular formula is C12H26NO2PS2. The van der Waals surface area contributed by atoms with E-state index in [1.807, 2.05) is 0 Å². The first kappa shape index (κ1) is 16.9. The molecule has 0 aromatic carbocycles. The lowest BCUT2D eigenvalue weighted by Gasteiger charge is -2.39. The van der Waals surface area contributed by atoms with Crippen LogP contribution in [0, 0.1) is 17.8 Å². The minimum absolute atomic E-state index is 0.0510. The molecule has 0 heterocycles. The summed E-state index contributed by atoms with van der Waals surface area (Å²) in [5.74, 6) is 0.940.